The Kier molecular flexibility index (Phi) is 4.21. The molecule has 3 heterocycles. The highest BCUT2D eigenvalue weighted by atomic mass is 16.2. The van der Waals surface area contributed by atoms with Gasteiger partial charge in [0.25, 0.3) is 0 Å². The van der Waals surface area contributed by atoms with E-state index in [0.717, 1.165) is 49.2 Å². The van der Waals surface area contributed by atoms with E-state index < -0.39 is 0 Å². The largest absolute Gasteiger partial charge is 0.342 e. The highest BCUT2D eigenvalue weighted by molar-refractivity contribution is 5.77. The van der Waals surface area contributed by atoms with Crippen molar-refractivity contribution < 1.29 is 4.79 Å². The number of hydrogen-bond donors (Lipinski definition) is 0. The summed E-state index contributed by atoms with van der Waals surface area (Å²) in [5.41, 5.74) is 2.70. The van der Waals surface area contributed by atoms with Crippen molar-refractivity contribution in [3.05, 3.63) is 18.1 Å². The summed E-state index contributed by atoms with van der Waals surface area (Å²) in [7, 11) is 1.91. The fraction of sp³-hybridized carbons (Fsp3) is 0.667. The molecule has 0 bridgehead atoms. The van der Waals surface area contributed by atoms with Crippen molar-refractivity contribution >= 4 is 17.1 Å². The highest BCUT2D eigenvalue weighted by Crippen LogP contribution is 2.32. The summed E-state index contributed by atoms with van der Waals surface area (Å²) in [6, 6.07) is 0. The third kappa shape index (κ3) is 2.89. The summed E-state index contributed by atoms with van der Waals surface area (Å²) in [5, 5.41) is 4.66. The predicted molar refractivity (Wildman–Crippen MR) is 91.4 cm³/mol. The summed E-state index contributed by atoms with van der Waals surface area (Å²) in [4.78, 5) is 23.6. The molecule has 0 N–H and O–H groups in total. The summed E-state index contributed by atoms with van der Waals surface area (Å²) in [5.74, 6) is 1.21. The van der Waals surface area contributed by atoms with Gasteiger partial charge in [0.05, 0.1) is 5.69 Å². The number of piperidine rings is 1. The molecule has 2 aromatic rings. The van der Waals surface area contributed by atoms with Gasteiger partial charge in [-0.05, 0) is 31.6 Å². The maximum atomic E-state index is 12.7. The van der Waals surface area contributed by atoms with Crippen molar-refractivity contribution in [2.24, 2.45) is 13.0 Å². The summed E-state index contributed by atoms with van der Waals surface area (Å²) in [6.07, 6.45) is 11.3. The maximum absolute atomic E-state index is 12.7. The molecule has 6 heteroatoms. The number of carbonyl (C=O) groups excluding carboxylic acids is 1. The molecule has 6 nitrogen and oxygen atoms in total. The molecule has 24 heavy (non-hydrogen) atoms. The van der Waals surface area contributed by atoms with Crippen molar-refractivity contribution in [2.45, 2.75) is 50.9 Å². The molecular weight excluding hydrogens is 302 g/mol. The Balaban J connectivity index is 1.50. The van der Waals surface area contributed by atoms with Gasteiger partial charge in [0.2, 0.25) is 5.91 Å². The fourth-order valence-corrected chi connectivity index (χ4v) is 4.30. The third-order valence-corrected chi connectivity index (χ3v) is 5.58. The van der Waals surface area contributed by atoms with Gasteiger partial charge in [-0.25, -0.2) is 14.6 Å². The Bertz CT molecular complexity index is 734. The van der Waals surface area contributed by atoms with Gasteiger partial charge >= 0.3 is 0 Å². The average molecular weight is 327 g/mol. The Hall–Kier alpha value is -1.98. The lowest BCUT2D eigenvalue weighted by molar-refractivity contribution is -0.133. The number of hydrogen-bond acceptors (Lipinski definition) is 4. The predicted octanol–water partition coefficient (Wildman–Crippen LogP) is 2.65. The molecule has 2 fully saturated rings. The fourth-order valence-electron chi connectivity index (χ4n) is 4.30. The minimum absolute atomic E-state index is 0.270. The first-order valence-corrected chi connectivity index (χ1v) is 9.14. The Labute approximate surface area is 142 Å². The zero-order valence-electron chi connectivity index (χ0n) is 14.3. The molecule has 0 aromatic carbocycles. The summed E-state index contributed by atoms with van der Waals surface area (Å²) in [6.45, 7) is 1.66. The van der Waals surface area contributed by atoms with Gasteiger partial charge in [0, 0.05) is 44.9 Å². The molecule has 1 amide bonds. The lowest BCUT2D eigenvalue weighted by atomic mass is 9.93. The van der Waals surface area contributed by atoms with E-state index in [0.29, 0.717) is 11.8 Å². The van der Waals surface area contributed by atoms with Crippen LogP contribution >= 0.6 is 0 Å². The average Bonchev–Trinajstić information content (AvgIpc) is 3.23. The van der Waals surface area contributed by atoms with Crippen molar-refractivity contribution in [3.8, 4) is 0 Å². The molecule has 4 rings (SSSR count). The second kappa shape index (κ2) is 6.49. The Morgan fingerprint density at radius 3 is 2.79 bits per heavy atom. The van der Waals surface area contributed by atoms with Crippen LogP contribution in [0.4, 0.5) is 0 Å². The van der Waals surface area contributed by atoms with Crippen molar-refractivity contribution in [3.63, 3.8) is 0 Å². The third-order valence-electron chi connectivity index (χ3n) is 5.58. The minimum Gasteiger partial charge on any atom is -0.342 e. The van der Waals surface area contributed by atoms with Gasteiger partial charge in [-0.3, -0.25) is 4.79 Å². The Morgan fingerprint density at radius 1 is 1.17 bits per heavy atom. The monoisotopic (exact) mass is 327 g/mol. The van der Waals surface area contributed by atoms with E-state index in [2.05, 4.69) is 20.0 Å². The van der Waals surface area contributed by atoms with Gasteiger partial charge in [0.15, 0.2) is 5.65 Å². The van der Waals surface area contributed by atoms with E-state index in [9.17, 15) is 4.79 Å². The molecule has 2 aromatic heterocycles. The van der Waals surface area contributed by atoms with E-state index in [4.69, 9.17) is 0 Å². The van der Waals surface area contributed by atoms with E-state index >= 15 is 0 Å². The molecule has 1 atom stereocenters. The molecule has 0 spiro atoms. The molecule has 1 aliphatic carbocycles. The van der Waals surface area contributed by atoms with Crippen LogP contribution in [0.3, 0.4) is 0 Å². The second-order valence-electron chi connectivity index (χ2n) is 7.27. The first kappa shape index (κ1) is 15.5. The minimum atomic E-state index is 0.270. The van der Waals surface area contributed by atoms with Crippen LogP contribution in [-0.2, 0) is 11.8 Å². The van der Waals surface area contributed by atoms with Crippen LogP contribution in [0.1, 0.15) is 56.6 Å². The maximum Gasteiger partial charge on any atom is 0.222 e. The summed E-state index contributed by atoms with van der Waals surface area (Å²) < 4.78 is 1.80. The van der Waals surface area contributed by atoms with Crippen molar-refractivity contribution in [2.75, 3.05) is 13.1 Å². The summed E-state index contributed by atoms with van der Waals surface area (Å²) >= 11 is 0. The first-order valence-electron chi connectivity index (χ1n) is 9.14. The molecule has 128 valence electrons. The van der Waals surface area contributed by atoms with E-state index in [-0.39, 0.29) is 5.92 Å². The van der Waals surface area contributed by atoms with E-state index in [1.165, 1.54) is 25.7 Å². The lowest BCUT2D eigenvalue weighted by Gasteiger charge is -2.32. The number of carbonyl (C=O) groups is 1. The standard InChI is InChI=1S/C18H25N5O/c1-22-18-17(19-8-9-20-18)16(21-22)14-7-4-10-23(12-14)15(24)11-13-5-2-3-6-13/h8-9,13-14H,2-7,10-12H2,1H3. The number of likely N-dealkylation sites (tertiary alicyclic amines) is 1. The van der Waals surface area contributed by atoms with Gasteiger partial charge in [-0.1, -0.05) is 12.8 Å². The molecule has 2 aliphatic rings. The van der Waals surface area contributed by atoms with Crippen molar-refractivity contribution in [1.82, 2.24) is 24.6 Å². The van der Waals surface area contributed by atoms with Gasteiger partial charge in [-0.15, -0.1) is 0 Å². The van der Waals surface area contributed by atoms with Gasteiger partial charge < -0.3 is 4.90 Å². The van der Waals surface area contributed by atoms with Gasteiger partial charge in [0.1, 0.15) is 5.52 Å². The van der Waals surface area contributed by atoms with Crippen LogP contribution in [0.5, 0.6) is 0 Å². The topological polar surface area (TPSA) is 63.9 Å². The Morgan fingerprint density at radius 2 is 1.96 bits per heavy atom. The van der Waals surface area contributed by atoms with Crippen LogP contribution in [0.25, 0.3) is 11.2 Å². The normalized spacial score (nSPS) is 22.4. The van der Waals surface area contributed by atoms with Crippen LogP contribution < -0.4 is 0 Å². The lowest BCUT2D eigenvalue weighted by Crippen LogP contribution is -2.39. The number of aryl methyl sites for hydroxylation is 1. The second-order valence-corrected chi connectivity index (χ2v) is 7.27. The molecule has 1 saturated carbocycles. The van der Waals surface area contributed by atoms with E-state index in [1.807, 2.05) is 7.05 Å². The number of fused-ring (bicyclic) bond motifs is 1. The van der Waals surface area contributed by atoms with Crippen LogP contribution in [-0.4, -0.2) is 43.6 Å². The van der Waals surface area contributed by atoms with Crippen LogP contribution in [0.2, 0.25) is 0 Å². The highest BCUT2D eigenvalue weighted by Gasteiger charge is 2.30. The van der Waals surface area contributed by atoms with E-state index in [1.54, 1.807) is 17.1 Å². The molecule has 0 radical (unpaired) electrons. The first-order chi connectivity index (χ1) is 11.7. The number of nitrogens with zero attached hydrogens (tertiary/aromatic N) is 5. The van der Waals surface area contributed by atoms with Gasteiger partial charge in [-0.2, -0.15) is 5.10 Å². The molecule has 1 unspecified atom stereocenters. The number of rotatable bonds is 3. The zero-order valence-corrected chi connectivity index (χ0v) is 14.3. The quantitative estimate of drug-likeness (QED) is 0.869. The SMILES string of the molecule is Cn1nc(C2CCCN(C(=O)CC3CCCC3)C2)c2nccnc21. The molecule has 1 saturated heterocycles. The van der Waals surface area contributed by atoms with Crippen LogP contribution in [0, 0.1) is 5.92 Å². The van der Waals surface area contributed by atoms with Crippen LogP contribution in [0.15, 0.2) is 12.4 Å². The smallest absolute Gasteiger partial charge is 0.222 e. The number of amides is 1. The molecular formula is C18H25N5O. The number of aromatic nitrogens is 4. The molecule has 1 aliphatic heterocycles. The van der Waals surface area contributed by atoms with Crippen molar-refractivity contribution in [1.29, 1.82) is 0 Å². The zero-order chi connectivity index (χ0) is 16.5.